The van der Waals surface area contributed by atoms with E-state index >= 15 is 0 Å². The highest BCUT2D eigenvalue weighted by Crippen LogP contribution is 2.27. The van der Waals surface area contributed by atoms with Crippen molar-refractivity contribution < 1.29 is 4.74 Å². The molecule has 0 radical (unpaired) electrons. The molecule has 7 heteroatoms. The van der Waals surface area contributed by atoms with Crippen LogP contribution in [0.2, 0.25) is 0 Å². The number of methoxy groups -OCH3 is 1. The maximum atomic E-state index is 5.17. The van der Waals surface area contributed by atoms with Gasteiger partial charge in [0.15, 0.2) is 5.82 Å². The third-order valence-corrected chi connectivity index (χ3v) is 4.35. The summed E-state index contributed by atoms with van der Waals surface area (Å²) in [7, 11) is 1.71. The van der Waals surface area contributed by atoms with Gasteiger partial charge in [-0.25, -0.2) is 4.68 Å². The van der Waals surface area contributed by atoms with E-state index in [-0.39, 0.29) is 0 Å². The summed E-state index contributed by atoms with van der Waals surface area (Å²) in [6.45, 7) is 13.7. The normalized spacial score (nSPS) is 19.0. The zero-order valence-corrected chi connectivity index (χ0v) is 14.4. The first-order valence-corrected chi connectivity index (χ1v) is 8.37. The van der Waals surface area contributed by atoms with Crippen molar-refractivity contribution in [3.05, 3.63) is 5.82 Å². The number of likely N-dealkylation sites (N-methyl/N-ethyl adjacent to an activating group) is 1. The molecule has 1 atom stereocenters. The van der Waals surface area contributed by atoms with E-state index in [1.54, 1.807) is 7.11 Å². The maximum absolute atomic E-state index is 5.17. The lowest BCUT2D eigenvalue weighted by Gasteiger charge is -2.39. The van der Waals surface area contributed by atoms with E-state index in [1.165, 1.54) is 0 Å². The van der Waals surface area contributed by atoms with E-state index in [1.807, 2.05) is 4.68 Å². The standard InChI is InChI=1S/C15H30N6O/c1-5-19-6-8-20(9-7-19)14(12-13(2)3)15-16-17-18-21(15)10-11-22-4/h13-14H,5-12H2,1-4H3. The van der Waals surface area contributed by atoms with Gasteiger partial charge in [0.05, 0.1) is 19.2 Å². The van der Waals surface area contributed by atoms with Crippen LogP contribution < -0.4 is 0 Å². The van der Waals surface area contributed by atoms with Gasteiger partial charge in [-0.1, -0.05) is 20.8 Å². The van der Waals surface area contributed by atoms with E-state index in [2.05, 4.69) is 46.1 Å². The third-order valence-electron chi connectivity index (χ3n) is 4.35. The number of aromatic nitrogens is 4. The molecule has 1 aromatic rings. The van der Waals surface area contributed by atoms with Crippen molar-refractivity contribution in [1.29, 1.82) is 0 Å². The predicted molar refractivity (Wildman–Crippen MR) is 85.6 cm³/mol. The molecule has 22 heavy (non-hydrogen) atoms. The quantitative estimate of drug-likeness (QED) is 0.715. The van der Waals surface area contributed by atoms with Gasteiger partial charge in [-0.2, -0.15) is 0 Å². The first-order valence-electron chi connectivity index (χ1n) is 8.37. The SMILES string of the molecule is CCN1CCN(C(CC(C)C)c2nnnn2CCOC)CC1. The molecule has 0 spiro atoms. The Labute approximate surface area is 133 Å². The van der Waals surface area contributed by atoms with Crippen molar-refractivity contribution >= 4 is 0 Å². The monoisotopic (exact) mass is 310 g/mol. The number of tetrazole rings is 1. The fourth-order valence-electron chi connectivity index (χ4n) is 3.04. The molecule has 1 aromatic heterocycles. The molecule has 0 saturated carbocycles. The van der Waals surface area contributed by atoms with Crippen LogP contribution in [0.15, 0.2) is 0 Å². The number of hydrogen-bond acceptors (Lipinski definition) is 6. The molecule has 0 aromatic carbocycles. The molecule has 126 valence electrons. The Kier molecular flexibility index (Phi) is 6.72. The Balaban J connectivity index is 2.11. The van der Waals surface area contributed by atoms with Crippen LogP contribution in [0.1, 0.15) is 39.1 Å². The van der Waals surface area contributed by atoms with Crippen LogP contribution in [-0.4, -0.2) is 76.4 Å². The molecule has 1 aliphatic rings. The second kappa shape index (κ2) is 8.55. The Morgan fingerprint density at radius 1 is 1.18 bits per heavy atom. The molecule has 2 heterocycles. The molecule has 1 unspecified atom stereocenters. The fraction of sp³-hybridized carbons (Fsp3) is 0.933. The van der Waals surface area contributed by atoms with Crippen LogP contribution >= 0.6 is 0 Å². The summed E-state index contributed by atoms with van der Waals surface area (Å²) in [5.74, 6) is 1.59. The van der Waals surface area contributed by atoms with Crippen LogP contribution in [0.5, 0.6) is 0 Å². The van der Waals surface area contributed by atoms with Gasteiger partial charge >= 0.3 is 0 Å². The molecule has 2 rings (SSSR count). The molecule has 1 fully saturated rings. The first-order chi connectivity index (χ1) is 10.7. The Morgan fingerprint density at radius 2 is 1.91 bits per heavy atom. The minimum atomic E-state index is 0.297. The third kappa shape index (κ3) is 4.47. The van der Waals surface area contributed by atoms with E-state index in [4.69, 9.17) is 4.74 Å². The van der Waals surface area contributed by atoms with Gasteiger partial charge in [0.2, 0.25) is 0 Å². The zero-order valence-electron chi connectivity index (χ0n) is 14.4. The van der Waals surface area contributed by atoms with Gasteiger partial charge in [-0.05, 0) is 29.3 Å². The topological polar surface area (TPSA) is 59.3 Å². The average molecular weight is 310 g/mol. The number of piperazine rings is 1. The average Bonchev–Trinajstić information content (AvgIpc) is 2.98. The lowest BCUT2D eigenvalue weighted by Crippen LogP contribution is -2.48. The summed E-state index contributed by atoms with van der Waals surface area (Å²) in [6.07, 6.45) is 1.08. The van der Waals surface area contributed by atoms with Gasteiger partial charge in [0.1, 0.15) is 0 Å². The maximum Gasteiger partial charge on any atom is 0.168 e. The molecule has 0 amide bonds. The second-order valence-electron chi connectivity index (χ2n) is 6.37. The van der Waals surface area contributed by atoms with Crippen molar-refractivity contribution in [3.63, 3.8) is 0 Å². The summed E-state index contributed by atoms with van der Waals surface area (Å²) in [5, 5.41) is 12.4. The molecular weight excluding hydrogens is 280 g/mol. The number of rotatable bonds is 8. The van der Waals surface area contributed by atoms with Gasteiger partial charge in [-0.3, -0.25) is 4.90 Å². The molecule has 0 bridgehead atoms. The Bertz CT molecular complexity index is 427. The second-order valence-corrected chi connectivity index (χ2v) is 6.37. The number of ether oxygens (including phenoxy) is 1. The summed E-state index contributed by atoms with van der Waals surface area (Å²) in [5.41, 5.74) is 0. The first kappa shape index (κ1) is 17.3. The van der Waals surface area contributed by atoms with Crippen LogP contribution in [0.3, 0.4) is 0 Å². The van der Waals surface area contributed by atoms with Crippen molar-refractivity contribution in [3.8, 4) is 0 Å². The fourth-order valence-corrected chi connectivity index (χ4v) is 3.04. The van der Waals surface area contributed by atoms with Crippen molar-refractivity contribution in [2.45, 2.75) is 39.8 Å². The van der Waals surface area contributed by atoms with Gasteiger partial charge in [0.25, 0.3) is 0 Å². The van der Waals surface area contributed by atoms with Crippen molar-refractivity contribution in [2.24, 2.45) is 5.92 Å². The largest absolute Gasteiger partial charge is 0.383 e. The number of hydrogen-bond donors (Lipinski definition) is 0. The smallest absolute Gasteiger partial charge is 0.168 e. The molecule has 7 nitrogen and oxygen atoms in total. The highest BCUT2D eigenvalue weighted by Gasteiger charge is 2.29. The lowest BCUT2D eigenvalue weighted by atomic mass is 10.0. The van der Waals surface area contributed by atoms with Crippen LogP contribution in [-0.2, 0) is 11.3 Å². The van der Waals surface area contributed by atoms with Crippen LogP contribution in [0.25, 0.3) is 0 Å². The van der Waals surface area contributed by atoms with E-state index in [0.29, 0.717) is 25.1 Å². The van der Waals surface area contributed by atoms with Crippen molar-refractivity contribution in [1.82, 2.24) is 30.0 Å². The van der Waals surface area contributed by atoms with Crippen LogP contribution in [0.4, 0.5) is 0 Å². The minimum Gasteiger partial charge on any atom is -0.383 e. The Hall–Kier alpha value is -1.05. The van der Waals surface area contributed by atoms with Gasteiger partial charge < -0.3 is 9.64 Å². The summed E-state index contributed by atoms with van der Waals surface area (Å²) >= 11 is 0. The van der Waals surface area contributed by atoms with Gasteiger partial charge in [0, 0.05) is 33.3 Å². The van der Waals surface area contributed by atoms with Crippen molar-refractivity contribution in [2.75, 3.05) is 46.4 Å². The van der Waals surface area contributed by atoms with Crippen LogP contribution in [0, 0.1) is 5.92 Å². The predicted octanol–water partition coefficient (Wildman–Crippen LogP) is 1.04. The molecule has 0 N–H and O–H groups in total. The molecule has 1 saturated heterocycles. The summed E-state index contributed by atoms with van der Waals surface area (Å²) in [4.78, 5) is 5.04. The summed E-state index contributed by atoms with van der Waals surface area (Å²) < 4.78 is 7.07. The van der Waals surface area contributed by atoms with E-state index < -0.39 is 0 Å². The highest BCUT2D eigenvalue weighted by atomic mass is 16.5. The summed E-state index contributed by atoms with van der Waals surface area (Å²) in [6, 6.07) is 0.297. The van der Waals surface area contributed by atoms with E-state index in [9.17, 15) is 0 Å². The zero-order chi connectivity index (χ0) is 15.9. The molecular formula is C15H30N6O. The number of nitrogens with zero attached hydrogens (tertiary/aromatic N) is 6. The molecule has 1 aliphatic heterocycles. The Morgan fingerprint density at radius 3 is 2.50 bits per heavy atom. The van der Waals surface area contributed by atoms with E-state index in [0.717, 1.165) is 45.0 Å². The molecule has 0 aliphatic carbocycles. The highest BCUT2D eigenvalue weighted by molar-refractivity contribution is 4.95. The minimum absolute atomic E-state index is 0.297. The lowest BCUT2D eigenvalue weighted by molar-refractivity contribution is 0.0820. The van der Waals surface area contributed by atoms with Gasteiger partial charge in [-0.15, -0.1) is 5.10 Å².